The van der Waals surface area contributed by atoms with Gasteiger partial charge in [0.15, 0.2) is 0 Å². The Labute approximate surface area is 197 Å². The van der Waals surface area contributed by atoms with E-state index in [1.807, 2.05) is 17.1 Å². The highest BCUT2D eigenvalue weighted by molar-refractivity contribution is 5.90. The van der Waals surface area contributed by atoms with E-state index >= 15 is 0 Å². The molecule has 0 saturated carbocycles. The van der Waals surface area contributed by atoms with Gasteiger partial charge in [0.25, 0.3) is 0 Å². The molecule has 2 amide bonds. The number of carbonyl (C=O) groups excluding carboxylic acids is 2. The van der Waals surface area contributed by atoms with Gasteiger partial charge in [0.2, 0.25) is 11.8 Å². The summed E-state index contributed by atoms with van der Waals surface area (Å²) in [6.45, 7) is 9.44. The number of piperidine rings is 1. The van der Waals surface area contributed by atoms with Gasteiger partial charge in [0.05, 0.1) is 11.5 Å². The quantitative estimate of drug-likeness (QED) is 0.444. The molecule has 2 fully saturated rings. The number of rotatable bonds is 5. The summed E-state index contributed by atoms with van der Waals surface area (Å²) >= 11 is 0. The van der Waals surface area contributed by atoms with Crippen molar-refractivity contribution in [2.45, 2.75) is 82.2 Å². The summed E-state index contributed by atoms with van der Waals surface area (Å²) in [6.07, 6.45) is 16.8. The average Bonchev–Trinajstić information content (AvgIpc) is 3.43. The van der Waals surface area contributed by atoms with E-state index in [0.717, 1.165) is 76.0 Å². The second-order valence-corrected chi connectivity index (χ2v) is 10.1. The summed E-state index contributed by atoms with van der Waals surface area (Å²) in [7, 11) is 0. The van der Waals surface area contributed by atoms with Gasteiger partial charge in [-0.15, -0.1) is 13.2 Å². The second kappa shape index (κ2) is 9.00. The molecular formula is C28H36N2O3. The van der Waals surface area contributed by atoms with E-state index in [-0.39, 0.29) is 29.8 Å². The average molecular weight is 449 g/mol. The molecule has 0 radical (unpaired) electrons. The van der Waals surface area contributed by atoms with Crippen LogP contribution in [-0.2, 0) is 16.0 Å². The van der Waals surface area contributed by atoms with Crippen LogP contribution in [0.15, 0.2) is 47.9 Å². The molecule has 5 aliphatic rings. The molecule has 1 aromatic heterocycles. The van der Waals surface area contributed by atoms with Gasteiger partial charge in [0, 0.05) is 37.4 Å². The fraction of sp³-hybridized carbons (Fsp3) is 0.571. The number of likely N-dealkylation sites (tertiary alicyclic amines) is 1. The predicted octanol–water partition coefficient (Wildman–Crippen LogP) is 5.45. The number of nitrogens with zero attached hydrogens (tertiary/aromatic N) is 2. The van der Waals surface area contributed by atoms with E-state index in [9.17, 15) is 9.59 Å². The molecule has 5 heteroatoms. The van der Waals surface area contributed by atoms with E-state index in [0.29, 0.717) is 12.8 Å². The van der Waals surface area contributed by atoms with Gasteiger partial charge in [0.1, 0.15) is 17.6 Å². The Morgan fingerprint density at radius 2 is 2.06 bits per heavy atom. The van der Waals surface area contributed by atoms with Crippen molar-refractivity contribution >= 4 is 11.8 Å². The number of furan rings is 1. The smallest absolute Gasteiger partial charge is 0.232 e. The topological polar surface area (TPSA) is 53.8 Å². The van der Waals surface area contributed by atoms with E-state index in [1.165, 1.54) is 5.56 Å². The maximum atomic E-state index is 14.2. The lowest BCUT2D eigenvalue weighted by Crippen LogP contribution is -2.53. The number of aryl methyl sites for hydroxylation is 1. The summed E-state index contributed by atoms with van der Waals surface area (Å²) in [5.41, 5.74) is 0.560. The van der Waals surface area contributed by atoms with E-state index < -0.39 is 5.41 Å². The highest BCUT2D eigenvalue weighted by Crippen LogP contribution is 2.67. The summed E-state index contributed by atoms with van der Waals surface area (Å²) in [6, 6.07) is 1.74. The number of fused-ring (bicyclic) bond motifs is 7. The van der Waals surface area contributed by atoms with E-state index in [4.69, 9.17) is 4.42 Å². The molecule has 1 aromatic rings. The van der Waals surface area contributed by atoms with Gasteiger partial charge in [-0.1, -0.05) is 24.3 Å². The Balaban J connectivity index is 1.59. The van der Waals surface area contributed by atoms with Crippen LogP contribution in [0.1, 0.15) is 86.8 Å². The minimum Gasteiger partial charge on any atom is -0.464 e. The van der Waals surface area contributed by atoms with Crippen LogP contribution in [0.3, 0.4) is 0 Å². The maximum Gasteiger partial charge on any atom is 0.232 e. The minimum atomic E-state index is -0.615. The van der Waals surface area contributed by atoms with Crippen LogP contribution in [0.4, 0.5) is 0 Å². The van der Waals surface area contributed by atoms with Crippen LogP contribution < -0.4 is 0 Å². The highest BCUT2D eigenvalue weighted by Gasteiger charge is 2.69. The molecule has 4 aliphatic heterocycles. The van der Waals surface area contributed by atoms with Gasteiger partial charge in [-0.2, -0.15) is 0 Å². The minimum absolute atomic E-state index is 0.0962. The first-order valence-electron chi connectivity index (χ1n) is 12.7. The molecule has 5 heterocycles. The first-order chi connectivity index (χ1) is 16.1. The Kier molecular flexibility index (Phi) is 6.07. The third-order valence-electron chi connectivity index (χ3n) is 8.26. The molecule has 33 heavy (non-hydrogen) atoms. The summed E-state index contributed by atoms with van der Waals surface area (Å²) < 4.78 is 6.49. The molecule has 1 aliphatic carbocycles. The number of hydrogen-bond donors (Lipinski definition) is 0. The SMILES string of the molecule is C=CCCCC(=O)N1C(C=C)CC23C(=O)N4CCCC/C=C\CCc5cc(c(o5)C12)C3CC4. The fourth-order valence-electron chi connectivity index (χ4n) is 6.79. The largest absolute Gasteiger partial charge is 0.464 e. The zero-order chi connectivity index (χ0) is 23.0. The van der Waals surface area contributed by atoms with Gasteiger partial charge in [-0.05, 0) is 57.4 Å². The molecule has 6 rings (SSSR count). The number of hydrogen-bond acceptors (Lipinski definition) is 3. The maximum absolute atomic E-state index is 14.2. The van der Waals surface area contributed by atoms with Gasteiger partial charge < -0.3 is 14.2 Å². The molecule has 4 atom stereocenters. The molecule has 5 nitrogen and oxygen atoms in total. The molecule has 0 N–H and O–H groups in total. The van der Waals surface area contributed by atoms with Crippen LogP contribution in [0.5, 0.6) is 0 Å². The van der Waals surface area contributed by atoms with Crippen LogP contribution in [0, 0.1) is 5.41 Å². The summed E-state index contributed by atoms with van der Waals surface area (Å²) in [5.74, 6) is 2.27. The molecule has 6 bridgehead atoms. The van der Waals surface area contributed by atoms with Crippen molar-refractivity contribution in [3.8, 4) is 0 Å². The first kappa shape index (κ1) is 22.2. The Morgan fingerprint density at radius 1 is 1.21 bits per heavy atom. The molecule has 4 unspecified atom stereocenters. The first-order valence-corrected chi connectivity index (χ1v) is 12.7. The normalized spacial score (nSPS) is 31.9. The fourth-order valence-corrected chi connectivity index (χ4v) is 6.79. The van der Waals surface area contributed by atoms with Crippen LogP contribution in [0.2, 0.25) is 0 Å². The molecule has 2 saturated heterocycles. The van der Waals surface area contributed by atoms with Gasteiger partial charge in [-0.25, -0.2) is 0 Å². The number of carbonyl (C=O) groups is 2. The highest BCUT2D eigenvalue weighted by atomic mass is 16.3. The van der Waals surface area contributed by atoms with Crippen molar-refractivity contribution in [1.29, 1.82) is 0 Å². The van der Waals surface area contributed by atoms with Crippen molar-refractivity contribution < 1.29 is 14.0 Å². The van der Waals surface area contributed by atoms with Gasteiger partial charge >= 0.3 is 0 Å². The number of amides is 2. The van der Waals surface area contributed by atoms with Crippen LogP contribution in [0.25, 0.3) is 0 Å². The Bertz CT molecular complexity index is 976. The molecular weight excluding hydrogens is 412 g/mol. The van der Waals surface area contributed by atoms with Crippen molar-refractivity contribution in [3.05, 3.63) is 60.6 Å². The van der Waals surface area contributed by atoms with Crippen LogP contribution in [-0.4, -0.2) is 40.7 Å². The lowest BCUT2D eigenvalue weighted by molar-refractivity contribution is -0.151. The lowest BCUT2D eigenvalue weighted by atomic mass is 9.67. The molecule has 176 valence electrons. The van der Waals surface area contributed by atoms with Crippen molar-refractivity contribution in [1.82, 2.24) is 9.80 Å². The van der Waals surface area contributed by atoms with Crippen molar-refractivity contribution in [2.75, 3.05) is 13.1 Å². The molecule has 0 aromatic carbocycles. The number of allylic oxidation sites excluding steroid dienone is 3. The standard InChI is InChI=1S/C28H36N2O3/c1-3-5-10-14-24(31)30-20(4-2)19-28-23-15-17-29(27(28)32)16-12-9-7-6-8-11-13-21-18-22(23)25(33-21)26(28)30/h3-4,6,8,18,20,23,26H,1-2,5,7,9-17,19H2/b8-6-. The predicted molar refractivity (Wildman–Crippen MR) is 129 cm³/mol. The van der Waals surface area contributed by atoms with Gasteiger partial charge in [-0.3, -0.25) is 9.59 Å². The van der Waals surface area contributed by atoms with E-state index in [1.54, 1.807) is 0 Å². The van der Waals surface area contributed by atoms with Crippen molar-refractivity contribution in [3.63, 3.8) is 0 Å². The van der Waals surface area contributed by atoms with Crippen molar-refractivity contribution in [2.24, 2.45) is 5.41 Å². The zero-order valence-corrected chi connectivity index (χ0v) is 19.6. The third kappa shape index (κ3) is 3.51. The number of unbranched alkanes of at least 4 members (excludes halogenated alkanes) is 1. The zero-order valence-electron chi connectivity index (χ0n) is 19.6. The van der Waals surface area contributed by atoms with Crippen LogP contribution >= 0.6 is 0 Å². The Hall–Kier alpha value is -2.56. The summed E-state index contributed by atoms with van der Waals surface area (Å²) in [4.78, 5) is 31.7. The lowest BCUT2D eigenvalue weighted by Gasteiger charge is -2.44. The second-order valence-electron chi connectivity index (χ2n) is 10.1. The monoisotopic (exact) mass is 448 g/mol. The molecule has 1 spiro atoms. The Morgan fingerprint density at radius 3 is 2.88 bits per heavy atom. The third-order valence-corrected chi connectivity index (χ3v) is 8.26. The summed E-state index contributed by atoms with van der Waals surface area (Å²) in [5, 5.41) is 0. The van der Waals surface area contributed by atoms with E-state index in [2.05, 4.69) is 36.3 Å².